The van der Waals surface area contributed by atoms with E-state index >= 15 is 0 Å². The van der Waals surface area contributed by atoms with Crippen LogP contribution in [0.25, 0.3) is 54.7 Å². The first kappa shape index (κ1) is 21.5. The van der Waals surface area contributed by atoms with Crippen molar-refractivity contribution in [1.29, 1.82) is 0 Å². The monoisotopic (exact) mass is 480 g/mol. The molecule has 0 bridgehead atoms. The maximum atomic E-state index is 13.0. The molecule has 0 spiro atoms. The van der Waals surface area contributed by atoms with Gasteiger partial charge in [-0.3, -0.25) is 4.79 Å². The van der Waals surface area contributed by atoms with Gasteiger partial charge in [0.25, 0.3) is 0 Å². The molecule has 2 heterocycles. The van der Waals surface area contributed by atoms with Crippen molar-refractivity contribution in [3.63, 3.8) is 0 Å². The Kier molecular flexibility index (Phi) is 4.65. The van der Waals surface area contributed by atoms with E-state index in [9.17, 15) is 19.8 Å². The van der Waals surface area contributed by atoms with Crippen LogP contribution < -0.4 is 4.74 Å². The topological polar surface area (TPSA) is 125 Å². The standard InChI is InChI=1S/C28H20N2O6/c1-35-14-7-8-16-17-9-13(12-31)26(32)23(24(17)30-21(16)10-14)22-19(28(34)36-2)11-18-15-5-3-4-6-20(15)29-25(18)27(22)33/h3-12,29-30,32-33H,1-2H3. The maximum Gasteiger partial charge on any atom is 0.338 e. The summed E-state index contributed by atoms with van der Waals surface area (Å²) in [7, 11) is 2.80. The number of H-pyrrole nitrogens is 2. The number of ether oxygens (including phenoxy) is 2. The number of para-hydroxylation sites is 1. The molecule has 6 rings (SSSR count). The van der Waals surface area contributed by atoms with E-state index in [1.165, 1.54) is 7.11 Å². The molecule has 0 aliphatic rings. The van der Waals surface area contributed by atoms with Crippen LogP contribution >= 0.6 is 0 Å². The van der Waals surface area contributed by atoms with E-state index in [2.05, 4.69) is 9.97 Å². The fourth-order valence-corrected chi connectivity index (χ4v) is 4.99. The van der Waals surface area contributed by atoms with Crippen molar-refractivity contribution in [3.8, 4) is 28.4 Å². The van der Waals surface area contributed by atoms with Gasteiger partial charge in [0, 0.05) is 38.7 Å². The lowest BCUT2D eigenvalue weighted by Crippen LogP contribution is -2.05. The van der Waals surface area contributed by atoms with Crippen molar-refractivity contribution in [2.24, 2.45) is 0 Å². The van der Waals surface area contributed by atoms with Gasteiger partial charge in [0.05, 0.1) is 47.5 Å². The summed E-state index contributed by atoms with van der Waals surface area (Å²) in [6, 6.07) is 16.1. The Hall–Kier alpha value is -4.98. The third-order valence-corrected chi connectivity index (χ3v) is 6.67. The number of aromatic amines is 2. The minimum absolute atomic E-state index is 0.0150. The highest BCUT2D eigenvalue weighted by molar-refractivity contribution is 6.21. The zero-order valence-electron chi connectivity index (χ0n) is 19.3. The molecule has 0 fully saturated rings. The number of phenolic OH excluding ortho intramolecular Hbond substituents is 2. The molecule has 0 saturated heterocycles. The summed E-state index contributed by atoms with van der Waals surface area (Å²) >= 11 is 0. The molecule has 0 aliphatic carbocycles. The van der Waals surface area contributed by atoms with Crippen LogP contribution in [0.4, 0.5) is 0 Å². The van der Waals surface area contributed by atoms with E-state index in [1.807, 2.05) is 30.3 Å². The minimum atomic E-state index is -0.700. The third kappa shape index (κ3) is 2.88. The number of methoxy groups -OCH3 is 2. The molecule has 0 amide bonds. The lowest BCUT2D eigenvalue weighted by Gasteiger charge is -2.15. The van der Waals surface area contributed by atoms with Gasteiger partial charge in [-0.15, -0.1) is 0 Å². The van der Waals surface area contributed by atoms with Gasteiger partial charge in [-0.2, -0.15) is 0 Å². The van der Waals surface area contributed by atoms with Crippen molar-refractivity contribution in [3.05, 3.63) is 65.7 Å². The Labute approximate surface area is 203 Å². The largest absolute Gasteiger partial charge is 0.506 e. The molecular weight excluding hydrogens is 460 g/mol. The predicted molar refractivity (Wildman–Crippen MR) is 137 cm³/mol. The normalized spacial score (nSPS) is 11.5. The Morgan fingerprint density at radius 2 is 1.53 bits per heavy atom. The first-order valence-electron chi connectivity index (χ1n) is 11.1. The number of fused-ring (bicyclic) bond motifs is 6. The van der Waals surface area contributed by atoms with Crippen LogP contribution in [-0.2, 0) is 4.74 Å². The lowest BCUT2D eigenvalue weighted by molar-refractivity contribution is 0.0601. The summed E-state index contributed by atoms with van der Waals surface area (Å²) in [6.45, 7) is 0. The molecule has 0 unspecified atom stereocenters. The molecular formula is C28H20N2O6. The van der Waals surface area contributed by atoms with Crippen LogP contribution in [-0.4, -0.2) is 46.7 Å². The molecule has 0 radical (unpaired) electrons. The van der Waals surface area contributed by atoms with Gasteiger partial charge >= 0.3 is 5.97 Å². The van der Waals surface area contributed by atoms with E-state index in [0.717, 1.165) is 16.3 Å². The summed E-state index contributed by atoms with van der Waals surface area (Å²) in [5, 5.41) is 25.6. The summed E-state index contributed by atoms with van der Waals surface area (Å²) in [5.41, 5.74) is 2.51. The van der Waals surface area contributed by atoms with E-state index in [4.69, 9.17) is 9.47 Å². The van der Waals surface area contributed by atoms with E-state index < -0.39 is 5.97 Å². The molecule has 0 aliphatic heterocycles. The van der Waals surface area contributed by atoms with Crippen LogP contribution in [0.5, 0.6) is 17.2 Å². The Balaban J connectivity index is 1.82. The van der Waals surface area contributed by atoms with Crippen molar-refractivity contribution in [1.82, 2.24) is 9.97 Å². The van der Waals surface area contributed by atoms with E-state index in [-0.39, 0.29) is 33.8 Å². The molecule has 36 heavy (non-hydrogen) atoms. The van der Waals surface area contributed by atoms with Crippen molar-refractivity contribution >= 4 is 55.9 Å². The predicted octanol–water partition coefficient (Wildman–Crippen LogP) is 5.64. The van der Waals surface area contributed by atoms with Gasteiger partial charge in [0.1, 0.15) is 17.2 Å². The summed E-state index contributed by atoms with van der Waals surface area (Å²) in [6.07, 6.45) is 0.539. The number of hydrogen-bond acceptors (Lipinski definition) is 6. The molecule has 0 saturated carbocycles. The summed E-state index contributed by atoms with van der Waals surface area (Å²) in [4.78, 5) is 31.4. The number of esters is 1. The van der Waals surface area contributed by atoms with Crippen molar-refractivity contribution in [2.75, 3.05) is 14.2 Å². The fourth-order valence-electron chi connectivity index (χ4n) is 4.99. The van der Waals surface area contributed by atoms with E-state index in [1.54, 1.807) is 31.4 Å². The Bertz CT molecular complexity index is 1880. The highest BCUT2D eigenvalue weighted by atomic mass is 16.5. The average molecular weight is 480 g/mol. The minimum Gasteiger partial charge on any atom is -0.506 e. The second-order valence-corrected chi connectivity index (χ2v) is 8.50. The van der Waals surface area contributed by atoms with Gasteiger partial charge in [0.15, 0.2) is 6.29 Å². The number of aromatic hydroxyl groups is 2. The number of carbonyl (C=O) groups excluding carboxylic acids is 2. The summed E-state index contributed by atoms with van der Waals surface area (Å²) in [5.74, 6) is -0.700. The number of phenols is 2. The Morgan fingerprint density at radius 1 is 0.806 bits per heavy atom. The highest BCUT2D eigenvalue weighted by Gasteiger charge is 2.28. The first-order chi connectivity index (χ1) is 17.5. The molecule has 4 aromatic carbocycles. The van der Waals surface area contributed by atoms with Crippen LogP contribution in [0, 0.1) is 0 Å². The maximum absolute atomic E-state index is 13.0. The number of nitrogens with one attached hydrogen (secondary N) is 2. The zero-order valence-corrected chi connectivity index (χ0v) is 19.3. The van der Waals surface area contributed by atoms with Gasteiger partial charge in [-0.25, -0.2) is 4.79 Å². The SMILES string of the molecule is COC(=O)c1cc2c([nH]c3ccccc32)c(O)c1-c1c(O)c(C=O)cc2c1[nH]c1cc(OC)ccc12. The number of benzene rings is 4. The second-order valence-electron chi connectivity index (χ2n) is 8.50. The molecule has 0 atom stereocenters. The Morgan fingerprint density at radius 3 is 2.28 bits per heavy atom. The number of rotatable bonds is 4. The van der Waals surface area contributed by atoms with Crippen molar-refractivity contribution < 1.29 is 29.3 Å². The molecule has 4 N–H and O–H groups in total. The lowest BCUT2D eigenvalue weighted by atomic mass is 9.92. The zero-order chi connectivity index (χ0) is 25.1. The summed E-state index contributed by atoms with van der Waals surface area (Å²) < 4.78 is 10.4. The molecule has 178 valence electrons. The second kappa shape index (κ2) is 7.78. The van der Waals surface area contributed by atoms with Crippen LogP contribution in [0.3, 0.4) is 0 Å². The van der Waals surface area contributed by atoms with Crippen molar-refractivity contribution in [2.45, 2.75) is 0 Å². The molecule has 6 aromatic rings. The first-order valence-corrected chi connectivity index (χ1v) is 11.1. The smallest absolute Gasteiger partial charge is 0.338 e. The fraction of sp³-hybridized carbons (Fsp3) is 0.0714. The highest BCUT2D eigenvalue weighted by Crippen LogP contribution is 2.49. The van der Waals surface area contributed by atoms with Crippen LogP contribution in [0.1, 0.15) is 20.7 Å². The van der Waals surface area contributed by atoms with Gasteiger partial charge in [-0.05, 0) is 30.3 Å². The quantitative estimate of drug-likeness (QED) is 0.191. The number of carbonyl (C=O) groups is 2. The third-order valence-electron chi connectivity index (χ3n) is 6.67. The van der Waals surface area contributed by atoms with Gasteiger partial charge in [0.2, 0.25) is 0 Å². The number of aldehydes is 1. The average Bonchev–Trinajstić information content (AvgIpc) is 3.46. The number of aromatic nitrogens is 2. The van der Waals surface area contributed by atoms with Gasteiger partial charge < -0.3 is 29.7 Å². The molecule has 2 aromatic heterocycles. The van der Waals surface area contributed by atoms with E-state index in [0.29, 0.717) is 39.4 Å². The van der Waals surface area contributed by atoms with Crippen LogP contribution in [0.15, 0.2) is 54.6 Å². The molecule has 8 heteroatoms. The molecule has 8 nitrogen and oxygen atoms in total. The number of hydrogen-bond donors (Lipinski definition) is 4. The van der Waals surface area contributed by atoms with Gasteiger partial charge in [-0.1, -0.05) is 18.2 Å². The van der Waals surface area contributed by atoms with Crippen LogP contribution in [0.2, 0.25) is 0 Å².